The van der Waals surface area contributed by atoms with Crippen LogP contribution < -0.4 is 0 Å². The van der Waals surface area contributed by atoms with Crippen molar-refractivity contribution >= 4 is 12.0 Å². The quantitative estimate of drug-likeness (QED) is 0.780. The number of rotatable bonds is 5. The number of urea groups is 1. The highest BCUT2D eigenvalue weighted by Crippen LogP contribution is 2.15. The van der Waals surface area contributed by atoms with Gasteiger partial charge in [-0.25, -0.2) is 4.79 Å². The lowest BCUT2D eigenvalue weighted by Gasteiger charge is -2.43. The molecular weight excluding hydrogens is 262 g/mol. The Morgan fingerprint density at radius 2 is 1.85 bits per heavy atom. The van der Waals surface area contributed by atoms with Crippen LogP contribution in [0.15, 0.2) is 0 Å². The second-order valence-electron chi connectivity index (χ2n) is 5.36. The van der Waals surface area contributed by atoms with Crippen LogP contribution in [-0.2, 0) is 9.53 Å². The molecule has 7 heteroatoms. The molecule has 7 nitrogen and oxygen atoms in total. The second kappa shape index (κ2) is 7.44. The fourth-order valence-corrected chi connectivity index (χ4v) is 2.37. The van der Waals surface area contributed by atoms with Gasteiger partial charge in [-0.15, -0.1) is 0 Å². The maximum absolute atomic E-state index is 12.5. The summed E-state index contributed by atoms with van der Waals surface area (Å²) < 4.78 is 4.94. The molecular formula is C13H25N3O4. The van der Waals surface area contributed by atoms with Crippen LogP contribution in [0.25, 0.3) is 0 Å². The predicted octanol–water partition coefficient (Wildman–Crippen LogP) is 0.164. The lowest BCUT2D eigenvalue weighted by atomic mass is 10.1. The first-order valence-corrected chi connectivity index (χ1v) is 6.83. The number of nitrogens with zero attached hydrogens (tertiary/aromatic N) is 3. The molecule has 0 aromatic heterocycles. The minimum Gasteiger partial charge on any atom is -0.480 e. The fourth-order valence-electron chi connectivity index (χ4n) is 2.37. The van der Waals surface area contributed by atoms with Crippen LogP contribution in [0.3, 0.4) is 0 Å². The van der Waals surface area contributed by atoms with E-state index in [0.717, 1.165) is 0 Å². The zero-order chi connectivity index (χ0) is 15.3. The number of piperazine rings is 1. The largest absolute Gasteiger partial charge is 0.480 e. The zero-order valence-electron chi connectivity index (χ0n) is 12.7. The van der Waals surface area contributed by atoms with Crippen LogP contribution in [0.1, 0.15) is 13.8 Å². The van der Waals surface area contributed by atoms with Crippen molar-refractivity contribution < 1.29 is 19.4 Å². The Morgan fingerprint density at radius 3 is 2.30 bits per heavy atom. The number of methoxy groups -OCH3 is 1. The Hall–Kier alpha value is -1.34. The van der Waals surface area contributed by atoms with Crippen molar-refractivity contribution in [2.45, 2.75) is 25.9 Å². The lowest BCUT2D eigenvalue weighted by molar-refractivity contribution is -0.137. The molecule has 0 radical (unpaired) electrons. The maximum Gasteiger partial charge on any atom is 0.323 e. The van der Waals surface area contributed by atoms with Crippen molar-refractivity contribution in [3.63, 3.8) is 0 Å². The van der Waals surface area contributed by atoms with Gasteiger partial charge in [-0.05, 0) is 20.9 Å². The third-order valence-corrected chi connectivity index (χ3v) is 3.79. The smallest absolute Gasteiger partial charge is 0.323 e. The molecule has 0 aliphatic carbocycles. The highest BCUT2D eigenvalue weighted by molar-refractivity contribution is 5.80. The Morgan fingerprint density at radius 1 is 1.30 bits per heavy atom. The lowest BCUT2D eigenvalue weighted by Crippen LogP contribution is -2.59. The first kappa shape index (κ1) is 16.7. The summed E-state index contributed by atoms with van der Waals surface area (Å²) in [6.07, 6.45) is 0. The summed E-state index contributed by atoms with van der Waals surface area (Å²) in [5.41, 5.74) is 0. The van der Waals surface area contributed by atoms with Gasteiger partial charge >= 0.3 is 12.0 Å². The number of carboxylic acid groups (broad SMARTS) is 1. The summed E-state index contributed by atoms with van der Waals surface area (Å²) in [7, 11) is 3.57. The topological polar surface area (TPSA) is 73.3 Å². The third kappa shape index (κ3) is 4.35. The van der Waals surface area contributed by atoms with Gasteiger partial charge < -0.3 is 19.6 Å². The van der Waals surface area contributed by atoms with Crippen LogP contribution in [0.2, 0.25) is 0 Å². The number of carbonyl (C=O) groups excluding carboxylic acids is 1. The van der Waals surface area contributed by atoms with E-state index in [-0.39, 0.29) is 31.2 Å². The van der Waals surface area contributed by atoms with E-state index in [9.17, 15) is 9.59 Å². The SMILES string of the molecule is COCCN(CC(=O)O)C(=O)N1CC(C)N(C)C(C)C1. The molecule has 1 fully saturated rings. The first-order valence-electron chi connectivity index (χ1n) is 6.83. The Kier molecular flexibility index (Phi) is 6.22. The van der Waals surface area contributed by atoms with E-state index < -0.39 is 5.97 Å². The normalized spacial score (nSPS) is 23.7. The average molecular weight is 287 g/mol. The van der Waals surface area contributed by atoms with Crippen LogP contribution in [-0.4, -0.2) is 90.8 Å². The molecule has 1 saturated heterocycles. The molecule has 0 aromatic carbocycles. The van der Waals surface area contributed by atoms with Crippen molar-refractivity contribution in [2.24, 2.45) is 0 Å². The number of hydrogen-bond acceptors (Lipinski definition) is 4. The van der Waals surface area contributed by atoms with Gasteiger partial charge in [0.15, 0.2) is 0 Å². The second-order valence-corrected chi connectivity index (χ2v) is 5.36. The molecule has 1 aliphatic heterocycles. The standard InChI is InChI=1S/C13H25N3O4/c1-10-7-16(8-11(2)14(10)3)13(19)15(5-6-20-4)9-12(17)18/h10-11H,5-9H2,1-4H3,(H,17,18). The molecule has 1 rings (SSSR count). The number of hydrogen-bond donors (Lipinski definition) is 1. The predicted molar refractivity (Wildman–Crippen MR) is 74.7 cm³/mol. The van der Waals surface area contributed by atoms with Gasteiger partial charge in [0.05, 0.1) is 6.61 Å². The third-order valence-electron chi connectivity index (χ3n) is 3.79. The average Bonchev–Trinajstić information content (AvgIpc) is 2.39. The molecule has 0 aromatic rings. The van der Waals surface area contributed by atoms with Gasteiger partial charge in [0.25, 0.3) is 0 Å². The van der Waals surface area contributed by atoms with Crippen molar-refractivity contribution in [1.29, 1.82) is 0 Å². The summed E-state index contributed by atoms with van der Waals surface area (Å²) in [6, 6.07) is 0.296. The Labute approximate surface area is 120 Å². The van der Waals surface area contributed by atoms with E-state index >= 15 is 0 Å². The number of carboxylic acids is 1. The number of carbonyl (C=O) groups is 2. The molecule has 0 saturated carbocycles. The van der Waals surface area contributed by atoms with E-state index in [1.807, 2.05) is 7.05 Å². The maximum atomic E-state index is 12.5. The molecule has 116 valence electrons. The zero-order valence-corrected chi connectivity index (χ0v) is 12.7. The first-order chi connectivity index (χ1) is 9.36. The number of amides is 2. The van der Waals surface area contributed by atoms with Gasteiger partial charge in [0.1, 0.15) is 6.54 Å². The van der Waals surface area contributed by atoms with Gasteiger partial charge in [-0.2, -0.15) is 0 Å². The van der Waals surface area contributed by atoms with Gasteiger partial charge in [0, 0.05) is 38.8 Å². The van der Waals surface area contributed by atoms with Crippen LogP contribution in [0.4, 0.5) is 4.79 Å². The molecule has 1 aliphatic rings. The molecule has 1 N–H and O–H groups in total. The molecule has 2 unspecified atom stereocenters. The molecule has 20 heavy (non-hydrogen) atoms. The molecule has 2 amide bonds. The van der Waals surface area contributed by atoms with E-state index in [2.05, 4.69) is 18.7 Å². The summed E-state index contributed by atoms with van der Waals surface area (Å²) in [5, 5.41) is 8.92. The highest BCUT2D eigenvalue weighted by atomic mass is 16.5. The Bertz CT molecular complexity index is 339. The molecule has 2 atom stereocenters. The van der Waals surface area contributed by atoms with Gasteiger partial charge in [0.2, 0.25) is 0 Å². The minimum atomic E-state index is -1.01. The van der Waals surface area contributed by atoms with Crippen LogP contribution >= 0.6 is 0 Å². The van der Waals surface area contributed by atoms with Gasteiger partial charge in [-0.3, -0.25) is 9.69 Å². The number of ether oxygens (including phenoxy) is 1. The van der Waals surface area contributed by atoms with E-state index in [0.29, 0.717) is 19.7 Å². The molecule has 1 heterocycles. The van der Waals surface area contributed by atoms with Crippen molar-refractivity contribution in [3.8, 4) is 0 Å². The van der Waals surface area contributed by atoms with Crippen molar-refractivity contribution in [2.75, 3.05) is 46.9 Å². The van der Waals surface area contributed by atoms with Crippen LogP contribution in [0.5, 0.6) is 0 Å². The minimum absolute atomic E-state index is 0.226. The monoisotopic (exact) mass is 287 g/mol. The van der Waals surface area contributed by atoms with E-state index in [1.165, 1.54) is 12.0 Å². The van der Waals surface area contributed by atoms with Crippen molar-refractivity contribution in [1.82, 2.24) is 14.7 Å². The van der Waals surface area contributed by atoms with E-state index in [4.69, 9.17) is 9.84 Å². The summed E-state index contributed by atoms with van der Waals surface area (Å²) in [4.78, 5) is 28.6. The summed E-state index contributed by atoms with van der Waals surface area (Å²) in [6.45, 7) is 5.68. The number of likely N-dealkylation sites (N-methyl/N-ethyl adjacent to an activating group) is 1. The van der Waals surface area contributed by atoms with E-state index in [1.54, 1.807) is 4.90 Å². The van der Waals surface area contributed by atoms with Crippen LogP contribution in [0, 0.1) is 0 Å². The number of aliphatic carboxylic acids is 1. The summed E-state index contributed by atoms with van der Waals surface area (Å²) in [5.74, 6) is -1.01. The molecule has 0 spiro atoms. The fraction of sp³-hybridized carbons (Fsp3) is 0.846. The highest BCUT2D eigenvalue weighted by Gasteiger charge is 2.32. The van der Waals surface area contributed by atoms with Gasteiger partial charge in [-0.1, -0.05) is 0 Å². The van der Waals surface area contributed by atoms with Crippen molar-refractivity contribution in [3.05, 3.63) is 0 Å². The Balaban J connectivity index is 2.70. The summed E-state index contributed by atoms with van der Waals surface area (Å²) >= 11 is 0. The molecule has 0 bridgehead atoms.